The highest BCUT2D eigenvalue weighted by Crippen LogP contribution is 2.24. The van der Waals surface area contributed by atoms with Gasteiger partial charge in [0.2, 0.25) is 0 Å². The smallest absolute Gasteiger partial charge is 0.251 e. The summed E-state index contributed by atoms with van der Waals surface area (Å²) in [6.07, 6.45) is 1.84. The molecule has 2 aromatic rings. The molecule has 5 heteroatoms. The van der Waals surface area contributed by atoms with E-state index in [1.165, 1.54) is 0 Å². The van der Waals surface area contributed by atoms with Crippen molar-refractivity contribution >= 4 is 33.6 Å². The van der Waals surface area contributed by atoms with Gasteiger partial charge in [0.1, 0.15) is 0 Å². The lowest BCUT2D eigenvalue weighted by molar-refractivity contribution is -0.425. The van der Waals surface area contributed by atoms with Crippen LogP contribution in [-0.2, 0) is 6.42 Å². The average molecular weight is 353 g/mol. The molecule has 102 valence electrons. The number of nitrogens with zero attached hydrogens (tertiary/aromatic N) is 1. The third-order valence-corrected chi connectivity index (χ3v) is 3.67. The minimum atomic E-state index is -0.353. The van der Waals surface area contributed by atoms with Crippen molar-refractivity contribution in [2.24, 2.45) is 0 Å². The minimum Gasteiger partial charge on any atom is -0.259 e. The first-order chi connectivity index (χ1) is 9.56. The molecule has 0 aromatic heterocycles. The Morgan fingerprint density at radius 1 is 1.25 bits per heavy atom. The Morgan fingerprint density at radius 2 is 1.95 bits per heavy atom. The molecule has 0 amide bonds. The SMILES string of the molecule is O=[N+]([O-])/C(=C/c1ccc(Cl)cc1Br)Cc1ccccc1. The highest BCUT2D eigenvalue weighted by Gasteiger charge is 2.13. The Balaban J connectivity index is 2.33. The van der Waals surface area contributed by atoms with Crippen LogP contribution in [0.5, 0.6) is 0 Å². The van der Waals surface area contributed by atoms with Gasteiger partial charge in [-0.25, -0.2) is 0 Å². The van der Waals surface area contributed by atoms with Gasteiger partial charge in [0.25, 0.3) is 5.70 Å². The van der Waals surface area contributed by atoms with Gasteiger partial charge in [-0.2, -0.15) is 0 Å². The van der Waals surface area contributed by atoms with Crippen LogP contribution in [0.3, 0.4) is 0 Å². The van der Waals surface area contributed by atoms with Crippen molar-refractivity contribution in [1.82, 2.24) is 0 Å². The Hall–Kier alpha value is -1.65. The van der Waals surface area contributed by atoms with E-state index in [9.17, 15) is 10.1 Å². The van der Waals surface area contributed by atoms with E-state index >= 15 is 0 Å². The summed E-state index contributed by atoms with van der Waals surface area (Å²) in [5.41, 5.74) is 1.77. The lowest BCUT2D eigenvalue weighted by Gasteiger charge is -2.02. The van der Waals surface area contributed by atoms with Gasteiger partial charge < -0.3 is 0 Å². The van der Waals surface area contributed by atoms with Crippen molar-refractivity contribution in [2.45, 2.75) is 6.42 Å². The summed E-state index contributed by atoms with van der Waals surface area (Å²) in [5, 5.41) is 11.8. The molecule has 0 saturated heterocycles. The normalized spacial score (nSPS) is 11.4. The third kappa shape index (κ3) is 3.92. The molecular formula is C15H11BrClNO2. The first-order valence-corrected chi connectivity index (χ1v) is 7.07. The number of allylic oxidation sites excluding steroid dienone is 1. The van der Waals surface area contributed by atoms with Crippen molar-refractivity contribution in [1.29, 1.82) is 0 Å². The average Bonchev–Trinajstić information content (AvgIpc) is 2.42. The fourth-order valence-electron chi connectivity index (χ4n) is 1.77. The first kappa shape index (κ1) is 14.8. The summed E-state index contributed by atoms with van der Waals surface area (Å²) in [7, 11) is 0. The maximum absolute atomic E-state index is 11.2. The number of halogens is 2. The van der Waals surface area contributed by atoms with Crippen LogP contribution in [0.25, 0.3) is 6.08 Å². The van der Waals surface area contributed by atoms with Gasteiger partial charge >= 0.3 is 0 Å². The Labute approximate surface area is 130 Å². The van der Waals surface area contributed by atoms with Gasteiger partial charge in [-0.3, -0.25) is 10.1 Å². The molecule has 20 heavy (non-hydrogen) atoms. The van der Waals surface area contributed by atoms with Gasteiger partial charge in [-0.1, -0.05) is 63.9 Å². The topological polar surface area (TPSA) is 43.1 Å². The molecule has 0 N–H and O–H groups in total. The second-order valence-electron chi connectivity index (χ2n) is 4.22. The zero-order valence-corrected chi connectivity index (χ0v) is 12.8. The number of hydrogen-bond donors (Lipinski definition) is 0. The summed E-state index contributed by atoms with van der Waals surface area (Å²) in [4.78, 5) is 10.8. The molecule has 0 atom stereocenters. The minimum absolute atomic E-state index is 0.138. The molecule has 2 aromatic carbocycles. The van der Waals surface area contributed by atoms with Crippen LogP contribution in [-0.4, -0.2) is 4.92 Å². The van der Waals surface area contributed by atoms with Gasteiger partial charge in [0.05, 0.1) is 11.3 Å². The summed E-state index contributed by atoms with van der Waals surface area (Å²) in [6.45, 7) is 0. The number of nitro groups is 1. The quantitative estimate of drug-likeness (QED) is 0.576. The maximum atomic E-state index is 11.2. The van der Waals surface area contributed by atoms with E-state index in [1.807, 2.05) is 30.3 Å². The van der Waals surface area contributed by atoms with Crippen molar-refractivity contribution in [3.63, 3.8) is 0 Å². The van der Waals surface area contributed by atoms with Crippen LogP contribution in [0.4, 0.5) is 0 Å². The van der Waals surface area contributed by atoms with Gasteiger partial charge in [0, 0.05) is 15.6 Å². The molecule has 0 aliphatic heterocycles. The molecular weight excluding hydrogens is 342 g/mol. The van der Waals surface area contributed by atoms with Crippen LogP contribution in [0.2, 0.25) is 5.02 Å². The molecule has 0 fully saturated rings. The summed E-state index contributed by atoms with van der Waals surface area (Å²) in [6, 6.07) is 14.5. The summed E-state index contributed by atoms with van der Waals surface area (Å²) >= 11 is 9.22. The van der Waals surface area contributed by atoms with E-state index < -0.39 is 0 Å². The fourth-order valence-corrected chi connectivity index (χ4v) is 2.57. The number of rotatable bonds is 4. The van der Waals surface area contributed by atoms with Crippen molar-refractivity contribution < 1.29 is 4.92 Å². The Morgan fingerprint density at radius 3 is 2.55 bits per heavy atom. The highest BCUT2D eigenvalue weighted by atomic mass is 79.9. The van der Waals surface area contributed by atoms with E-state index in [1.54, 1.807) is 24.3 Å². The van der Waals surface area contributed by atoms with Crippen LogP contribution in [0.1, 0.15) is 11.1 Å². The van der Waals surface area contributed by atoms with Gasteiger partial charge in [0.15, 0.2) is 0 Å². The Kier molecular flexibility index (Phi) is 4.93. The zero-order valence-electron chi connectivity index (χ0n) is 10.4. The van der Waals surface area contributed by atoms with Crippen LogP contribution in [0.15, 0.2) is 58.7 Å². The second kappa shape index (κ2) is 6.68. The largest absolute Gasteiger partial charge is 0.259 e. The van der Waals surface area contributed by atoms with E-state index in [4.69, 9.17) is 11.6 Å². The third-order valence-electron chi connectivity index (χ3n) is 2.75. The molecule has 0 saturated carbocycles. The monoisotopic (exact) mass is 351 g/mol. The van der Waals surface area contributed by atoms with Gasteiger partial charge in [-0.05, 0) is 23.3 Å². The molecule has 0 radical (unpaired) electrons. The van der Waals surface area contributed by atoms with E-state index in [0.717, 1.165) is 15.6 Å². The van der Waals surface area contributed by atoms with Crippen LogP contribution >= 0.6 is 27.5 Å². The maximum Gasteiger partial charge on any atom is 0.251 e. The number of benzene rings is 2. The predicted molar refractivity (Wildman–Crippen MR) is 84.3 cm³/mol. The van der Waals surface area contributed by atoms with Crippen molar-refractivity contribution in [3.8, 4) is 0 Å². The number of hydrogen-bond acceptors (Lipinski definition) is 2. The van der Waals surface area contributed by atoms with Gasteiger partial charge in [-0.15, -0.1) is 0 Å². The van der Waals surface area contributed by atoms with Crippen molar-refractivity contribution in [2.75, 3.05) is 0 Å². The van der Waals surface area contributed by atoms with Crippen LogP contribution in [0, 0.1) is 10.1 Å². The molecule has 0 spiro atoms. The van der Waals surface area contributed by atoms with Crippen LogP contribution < -0.4 is 0 Å². The molecule has 0 heterocycles. The summed E-state index contributed by atoms with van der Waals surface area (Å²) in [5.74, 6) is 0. The van der Waals surface area contributed by atoms with E-state index in [0.29, 0.717) is 5.02 Å². The zero-order chi connectivity index (χ0) is 14.5. The molecule has 0 aliphatic carbocycles. The molecule has 0 bridgehead atoms. The van der Waals surface area contributed by atoms with Crippen molar-refractivity contribution in [3.05, 3.63) is 85.0 Å². The fraction of sp³-hybridized carbons (Fsp3) is 0.0667. The first-order valence-electron chi connectivity index (χ1n) is 5.90. The standard InChI is InChI=1S/C15H11BrClNO2/c16-15-10-13(17)7-6-12(15)9-14(18(19)20)8-11-4-2-1-3-5-11/h1-7,9-10H,8H2/b14-9+. The highest BCUT2D eigenvalue weighted by molar-refractivity contribution is 9.10. The molecule has 0 aliphatic rings. The van der Waals surface area contributed by atoms with E-state index in [-0.39, 0.29) is 17.0 Å². The second-order valence-corrected chi connectivity index (χ2v) is 5.51. The molecule has 2 rings (SSSR count). The summed E-state index contributed by atoms with van der Waals surface area (Å²) < 4.78 is 0.734. The van der Waals surface area contributed by atoms with E-state index in [2.05, 4.69) is 15.9 Å². The lowest BCUT2D eigenvalue weighted by atomic mass is 10.1. The molecule has 3 nitrogen and oxygen atoms in total. The predicted octanol–water partition coefficient (Wildman–Crippen LogP) is 4.96. The molecule has 0 unspecified atom stereocenters. The Bertz CT molecular complexity index is 656. The lowest BCUT2D eigenvalue weighted by Crippen LogP contribution is -2.02.